The number of halogens is 4. The molecule has 2 aliphatic heterocycles. The zero-order valence-electron chi connectivity index (χ0n) is 27.3. The number of alkyl halides is 4. The van der Waals surface area contributed by atoms with Gasteiger partial charge in [-0.2, -0.15) is 23.8 Å². The van der Waals surface area contributed by atoms with Crippen LogP contribution in [-0.4, -0.2) is 106 Å². The molecule has 10 atom stereocenters. The fourth-order valence-corrected chi connectivity index (χ4v) is 8.81. The van der Waals surface area contributed by atoms with Crippen LogP contribution in [0.5, 0.6) is 0 Å². The van der Waals surface area contributed by atoms with E-state index < -0.39 is 47.4 Å². The van der Waals surface area contributed by atoms with Crippen LogP contribution in [0.25, 0.3) is 0 Å². The zero-order chi connectivity index (χ0) is 34.4. The minimum atomic E-state index is -4.38. The van der Waals surface area contributed by atoms with Crippen molar-refractivity contribution < 1.29 is 37.8 Å². The molecule has 2 heterocycles. The Balaban J connectivity index is 1.17. The van der Waals surface area contributed by atoms with E-state index >= 15 is 0 Å². The summed E-state index contributed by atoms with van der Waals surface area (Å²) < 4.78 is 40.3. The highest BCUT2D eigenvalue weighted by Crippen LogP contribution is 2.42. The molecule has 0 aromatic heterocycles. The van der Waals surface area contributed by atoms with Crippen LogP contribution in [0.1, 0.15) is 83.5 Å². The van der Waals surface area contributed by atoms with Crippen molar-refractivity contribution >= 4 is 35.6 Å². The molecule has 5 aliphatic rings. The molecule has 3 aliphatic carbocycles. The Labute approximate surface area is 284 Å². The molecule has 0 bridgehead atoms. The van der Waals surface area contributed by atoms with E-state index in [1.54, 1.807) is 0 Å². The molecule has 2 saturated heterocycles. The first-order valence-electron chi connectivity index (χ1n) is 17.6. The standard InChI is InChI=1S/C32H51ClF3N7O5/c33-25-9-7-19(14-24(25)32(34,35)36)16-37-40-30(46)23-15-22(42-11-2-1-3-12-42)8-10-26(23)38-29(45)21-6-4-5-20(13-21)17-43-18-27(39-41-43)28(44)31(47)48/h16,19-28,39,41,44H,1-15,17-18H2,(H,38,45)(H,40,46)(H,47,48)/b37-16+. The number of amides is 2. The van der Waals surface area contributed by atoms with E-state index in [4.69, 9.17) is 16.7 Å². The summed E-state index contributed by atoms with van der Waals surface area (Å²) in [5, 5.41) is 27.2. The van der Waals surface area contributed by atoms with Gasteiger partial charge in [0.2, 0.25) is 11.8 Å². The predicted molar refractivity (Wildman–Crippen MR) is 172 cm³/mol. The minimum Gasteiger partial charge on any atom is -0.479 e. The van der Waals surface area contributed by atoms with Gasteiger partial charge >= 0.3 is 12.1 Å². The average molecular weight is 706 g/mol. The van der Waals surface area contributed by atoms with Crippen LogP contribution in [-0.2, 0) is 14.4 Å². The normalized spacial score (nSPS) is 36.5. The second-order valence-corrected chi connectivity index (χ2v) is 15.1. The van der Waals surface area contributed by atoms with Gasteiger partial charge in [0.15, 0.2) is 6.10 Å². The van der Waals surface area contributed by atoms with E-state index in [0.29, 0.717) is 38.8 Å². The topological polar surface area (TPSA) is 159 Å². The quantitative estimate of drug-likeness (QED) is 0.114. The SMILES string of the molecule is O=C(NC1CCC(N2CCCCC2)CC1C(=O)N/N=C/C1CCC(Cl)C(C(F)(F)F)C1)C1CCCC(CN2CC(C(O)C(=O)O)NN2)C1. The number of carbonyl (C=O) groups is 3. The van der Waals surface area contributed by atoms with E-state index in [1.165, 1.54) is 12.6 Å². The molecule has 5 rings (SSSR count). The van der Waals surface area contributed by atoms with Crippen molar-refractivity contribution in [1.82, 2.24) is 31.6 Å². The van der Waals surface area contributed by atoms with Gasteiger partial charge in [0.25, 0.3) is 0 Å². The summed E-state index contributed by atoms with van der Waals surface area (Å²) in [7, 11) is 0. The summed E-state index contributed by atoms with van der Waals surface area (Å²) in [5.41, 5.74) is 8.37. The lowest BCUT2D eigenvalue weighted by Gasteiger charge is -2.42. The summed E-state index contributed by atoms with van der Waals surface area (Å²) in [6, 6.07) is -0.804. The summed E-state index contributed by atoms with van der Waals surface area (Å²) in [6.07, 6.45) is 4.75. The Morgan fingerprint density at radius 3 is 2.48 bits per heavy atom. The van der Waals surface area contributed by atoms with Crippen LogP contribution in [0.3, 0.4) is 0 Å². The average Bonchev–Trinajstić information content (AvgIpc) is 3.53. The summed E-state index contributed by atoms with van der Waals surface area (Å²) in [6.45, 7) is 2.88. The van der Waals surface area contributed by atoms with Crippen LogP contribution in [0.15, 0.2) is 5.10 Å². The number of hydrogen-bond acceptors (Lipinski definition) is 9. The van der Waals surface area contributed by atoms with Crippen molar-refractivity contribution in [1.29, 1.82) is 0 Å². The predicted octanol–water partition coefficient (Wildman–Crippen LogP) is 2.76. The maximum atomic E-state index is 13.7. The molecule has 48 heavy (non-hydrogen) atoms. The summed E-state index contributed by atoms with van der Waals surface area (Å²) >= 11 is 5.97. The summed E-state index contributed by atoms with van der Waals surface area (Å²) in [4.78, 5) is 40.8. The molecule has 272 valence electrons. The first-order valence-corrected chi connectivity index (χ1v) is 18.1. The van der Waals surface area contributed by atoms with E-state index in [2.05, 4.69) is 31.7 Å². The number of hydrazine groups is 2. The fourth-order valence-electron chi connectivity index (χ4n) is 8.44. The Morgan fingerprint density at radius 1 is 0.979 bits per heavy atom. The number of aliphatic hydroxyl groups is 1. The largest absolute Gasteiger partial charge is 0.479 e. The number of nitrogens with zero attached hydrogens (tertiary/aromatic N) is 3. The van der Waals surface area contributed by atoms with Gasteiger partial charge in [0, 0.05) is 42.7 Å². The van der Waals surface area contributed by atoms with E-state index in [9.17, 15) is 32.7 Å². The lowest BCUT2D eigenvalue weighted by molar-refractivity contribution is -0.182. The van der Waals surface area contributed by atoms with Crippen LogP contribution in [0, 0.1) is 29.6 Å². The number of carbonyl (C=O) groups excluding carboxylic acids is 2. The van der Waals surface area contributed by atoms with Crippen molar-refractivity contribution in [3.63, 3.8) is 0 Å². The van der Waals surface area contributed by atoms with Crippen molar-refractivity contribution in [3.05, 3.63) is 0 Å². The second-order valence-electron chi connectivity index (χ2n) is 14.6. The molecule has 12 nitrogen and oxygen atoms in total. The van der Waals surface area contributed by atoms with Crippen LogP contribution < -0.4 is 21.7 Å². The number of aliphatic hydroxyl groups excluding tert-OH is 1. The number of aliphatic carboxylic acids is 1. The van der Waals surface area contributed by atoms with Crippen molar-refractivity contribution in [2.75, 3.05) is 26.2 Å². The fraction of sp³-hybridized carbons (Fsp3) is 0.875. The van der Waals surface area contributed by atoms with Gasteiger partial charge in [-0.3, -0.25) is 9.59 Å². The van der Waals surface area contributed by atoms with Gasteiger partial charge in [-0.05, 0) is 95.6 Å². The molecule has 0 aromatic carbocycles. The lowest BCUT2D eigenvalue weighted by Crippen LogP contribution is -2.54. The molecule has 6 N–H and O–H groups in total. The molecule has 0 aromatic rings. The third-order valence-corrected chi connectivity index (χ3v) is 11.7. The number of hydrazone groups is 1. The van der Waals surface area contributed by atoms with E-state index in [-0.39, 0.29) is 48.6 Å². The number of likely N-dealkylation sites (tertiary alicyclic amines) is 1. The molecule has 16 heteroatoms. The third-order valence-electron chi connectivity index (χ3n) is 11.2. The molecule has 0 radical (unpaired) electrons. The number of hydrogen-bond donors (Lipinski definition) is 6. The maximum absolute atomic E-state index is 13.7. The van der Waals surface area contributed by atoms with Crippen LogP contribution in [0.4, 0.5) is 13.2 Å². The van der Waals surface area contributed by atoms with Crippen molar-refractivity contribution in [2.45, 2.75) is 119 Å². The molecular formula is C32H51ClF3N7O5. The van der Waals surface area contributed by atoms with Gasteiger partial charge in [-0.1, -0.05) is 12.8 Å². The van der Waals surface area contributed by atoms with Gasteiger partial charge < -0.3 is 20.4 Å². The molecule has 5 fully saturated rings. The second kappa shape index (κ2) is 16.8. The van der Waals surface area contributed by atoms with E-state index in [0.717, 1.165) is 51.6 Å². The number of nitrogens with one attached hydrogen (secondary N) is 4. The molecule has 0 spiro atoms. The van der Waals surface area contributed by atoms with E-state index in [1.807, 2.05) is 5.01 Å². The Morgan fingerprint density at radius 2 is 1.75 bits per heavy atom. The lowest BCUT2D eigenvalue weighted by atomic mass is 9.78. The van der Waals surface area contributed by atoms with Gasteiger partial charge in [0.1, 0.15) is 0 Å². The maximum Gasteiger partial charge on any atom is 0.393 e. The van der Waals surface area contributed by atoms with Gasteiger partial charge in [-0.25, -0.2) is 20.7 Å². The Kier molecular flexibility index (Phi) is 13.0. The molecule has 2 amide bonds. The first kappa shape index (κ1) is 37.2. The highest BCUT2D eigenvalue weighted by molar-refractivity contribution is 6.20. The smallest absolute Gasteiger partial charge is 0.393 e. The molecular weight excluding hydrogens is 655 g/mol. The molecule has 10 unspecified atom stereocenters. The highest BCUT2D eigenvalue weighted by Gasteiger charge is 2.47. The Hall–Kier alpha value is -2.04. The van der Waals surface area contributed by atoms with Crippen LogP contribution >= 0.6 is 11.6 Å². The molecule has 3 saturated carbocycles. The summed E-state index contributed by atoms with van der Waals surface area (Å²) in [5.74, 6) is -4.29. The zero-order valence-corrected chi connectivity index (χ0v) is 28.1. The highest BCUT2D eigenvalue weighted by atomic mass is 35.5. The monoisotopic (exact) mass is 705 g/mol. The first-order chi connectivity index (χ1) is 22.9. The minimum absolute atomic E-state index is 0.0786. The van der Waals surface area contributed by atoms with Gasteiger partial charge in [0.05, 0.1) is 17.9 Å². The Bertz CT molecular complexity index is 1150. The number of piperidine rings is 1. The number of carboxylic acids is 1. The van der Waals surface area contributed by atoms with Crippen molar-refractivity contribution in [2.24, 2.45) is 34.7 Å². The number of carboxylic acid groups (broad SMARTS) is 1. The third kappa shape index (κ3) is 9.81. The van der Waals surface area contributed by atoms with Crippen LogP contribution in [0.2, 0.25) is 0 Å². The number of rotatable bonds is 10. The van der Waals surface area contributed by atoms with Crippen molar-refractivity contribution in [3.8, 4) is 0 Å². The van der Waals surface area contributed by atoms with Gasteiger partial charge in [-0.15, -0.1) is 11.6 Å².